The van der Waals surface area contributed by atoms with Gasteiger partial charge in [0, 0.05) is 18.2 Å². The summed E-state index contributed by atoms with van der Waals surface area (Å²) in [7, 11) is -2.92. The smallest absolute Gasteiger partial charge is 0.343 e. The minimum absolute atomic E-state index is 0.0833. The third-order valence-electron chi connectivity index (χ3n) is 7.72. The first kappa shape index (κ1) is 31.8. The number of ketones is 3. The number of likely N-dealkylation sites (N-methyl/N-ethyl adjacent to an activating group) is 3. The van der Waals surface area contributed by atoms with Crippen LogP contribution in [0.5, 0.6) is 0 Å². The van der Waals surface area contributed by atoms with Crippen LogP contribution in [-0.2, 0) is 28.8 Å². The van der Waals surface area contributed by atoms with E-state index in [1.807, 2.05) is 0 Å². The summed E-state index contributed by atoms with van der Waals surface area (Å²) in [5.41, 5.74) is -9.48. The van der Waals surface area contributed by atoms with Gasteiger partial charge in [-0.15, -0.1) is 0 Å². The number of amides is 2. The molecule has 5 N–H and O–H groups in total. The van der Waals surface area contributed by atoms with E-state index in [0.29, 0.717) is 11.8 Å². The predicted molar refractivity (Wildman–Crippen MR) is 145 cm³/mol. The molecule has 0 aromatic heterocycles. The molecule has 0 unspecified atom stereocenters. The molecule has 0 fully saturated rings. The molecule has 8 atom stereocenters. The topological polar surface area (TPSA) is 202 Å². The molecule has 0 spiro atoms. The van der Waals surface area contributed by atoms with E-state index in [4.69, 9.17) is 4.11 Å². The molecule has 0 aromatic carbocycles. The number of carbonyl (C=O) groups is 6. The highest BCUT2D eigenvalue weighted by molar-refractivity contribution is 6.30. The fourth-order valence-corrected chi connectivity index (χ4v) is 4.73. The predicted octanol–water partition coefficient (Wildman–Crippen LogP) is -0.615. The Morgan fingerprint density at radius 2 is 1.20 bits per heavy atom. The molecule has 0 rings (SSSR count). The Morgan fingerprint density at radius 1 is 0.800 bits per heavy atom. The molecule has 0 aromatic rings. The van der Waals surface area contributed by atoms with Gasteiger partial charge in [-0.2, -0.15) is 0 Å². The Labute approximate surface area is 240 Å². The second kappa shape index (κ2) is 13.7. The standard InChI is InChI=1S/C27H47N3O10/c1-12-14(3)26(19(33)16(5)28-9,29(10)20(34)17(6)31)23(37)27(15(4)13-2,30(11)21(35)18(7)32)22(36)25(8,40)24(38)39/h14-18,28,31-32,40H,12-13H2,1-11H3,(H,38,39)/t14-,15+,16+,17+,18+,25-,26-,27+/m1/s1/i9D,10D,11D. The second-order valence-electron chi connectivity index (χ2n) is 10.4. The summed E-state index contributed by atoms with van der Waals surface area (Å²) in [6.45, 7) is 9.33. The minimum atomic E-state index is -3.40. The SMILES string of the molecule is [2H]CN[C@@H](C)C(=O)[C@@](C(=O)[C@@](C(=O)[C@@](C)(O)C(=O)O)([C@@H](C)CC)N(C[2H])C(=O)[C@H](C)O)([C@H](C)CC)N(C[2H])C(=O)[C@H](C)O. The maximum atomic E-state index is 15.5. The molecule has 13 heteroatoms. The Morgan fingerprint density at radius 3 is 1.52 bits per heavy atom. The Bertz CT molecular complexity index is 1060. The third kappa shape index (κ3) is 5.97. The first-order valence-corrected chi connectivity index (χ1v) is 12.9. The van der Waals surface area contributed by atoms with E-state index in [9.17, 15) is 44.4 Å². The average Bonchev–Trinajstić information content (AvgIpc) is 2.95. The number of rotatable bonds is 16. The van der Waals surface area contributed by atoms with Gasteiger partial charge in [-0.05, 0) is 46.6 Å². The van der Waals surface area contributed by atoms with Crippen LogP contribution in [0, 0.1) is 11.8 Å². The summed E-state index contributed by atoms with van der Waals surface area (Å²) in [6, 6.07) is -1.41. The zero-order valence-corrected chi connectivity index (χ0v) is 24.6. The van der Waals surface area contributed by atoms with E-state index in [0.717, 1.165) is 13.8 Å². The molecule has 0 aliphatic rings. The summed E-state index contributed by atoms with van der Waals surface area (Å²) in [6.07, 6.45) is -4.10. The van der Waals surface area contributed by atoms with Crippen LogP contribution >= 0.6 is 0 Å². The molecule has 0 saturated heterocycles. The van der Waals surface area contributed by atoms with E-state index >= 15 is 4.79 Å². The summed E-state index contributed by atoms with van der Waals surface area (Å²) < 4.78 is 24.0. The molecular weight excluding hydrogens is 526 g/mol. The van der Waals surface area contributed by atoms with Crippen LogP contribution in [0.3, 0.4) is 0 Å². The molecule has 0 saturated carbocycles. The van der Waals surface area contributed by atoms with E-state index in [-0.39, 0.29) is 17.7 Å². The lowest BCUT2D eigenvalue weighted by Crippen LogP contribution is -2.80. The van der Waals surface area contributed by atoms with Crippen LogP contribution in [0.25, 0.3) is 0 Å². The highest BCUT2D eigenvalue weighted by Crippen LogP contribution is 2.42. The van der Waals surface area contributed by atoms with E-state index in [1.165, 1.54) is 34.6 Å². The van der Waals surface area contributed by atoms with Gasteiger partial charge in [0.05, 0.1) is 6.04 Å². The lowest BCUT2D eigenvalue weighted by atomic mass is 9.60. The lowest BCUT2D eigenvalue weighted by Gasteiger charge is -2.53. The minimum Gasteiger partial charge on any atom is -0.479 e. The van der Waals surface area contributed by atoms with Crippen LogP contribution in [0.1, 0.15) is 72.3 Å². The number of hydrogen-bond donors (Lipinski definition) is 5. The molecule has 13 nitrogen and oxygen atoms in total. The first-order valence-electron chi connectivity index (χ1n) is 15.0. The highest BCUT2D eigenvalue weighted by Gasteiger charge is 2.69. The Balaban J connectivity index is 8.87. The van der Waals surface area contributed by atoms with Crippen LogP contribution in [-0.4, -0.2) is 121 Å². The largest absolute Gasteiger partial charge is 0.479 e. The van der Waals surface area contributed by atoms with Gasteiger partial charge in [0.2, 0.25) is 11.4 Å². The molecule has 2 amide bonds. The third-order valence-corrected chi connectivity index (χ3v) is 7.72. The van der Waals surface area contributed by atoms with Crippen molar-refractivity contribution in [2.24, 2.45) is 11.8 Å². The van der Waals surface area contributed by atoms with Crippen molar-refractivity contribution < 1.29 is 53.3 Å². The number of carboxylic acid groups (broad SMARTS) is 1. The van der Waals surface area contributed by atoms with E-state index < -0.39 is 103 Å². The highest BCUT2D eigenvalue weighted by atomic mass is 16.4. The zero-order valence-electron chi connectivity index (χ0n) is 27.6. The molecule has 230 valence electrons. The maximum Gasteiger partial charge on any atom is 0.343 e. The van der Waals surface area contributed by atoms with Crippen molar-refractivity contribution in [3.63, 3.8) is 0 Å². The van der Waals surface area contributed by atoms with E-state index in [1.54, 1.807) is 0 Å². The van der Waals surface area contributed by atoms with Gasteiger partial charge in [0.15, 0.2) is 22.6 Å². The number of carbonyl (C=O) groups excluding carboxylic acids is 5. The van der Waals surface area contributed by atoms with Gasteiger partial charge >= 0.3 is 5.97 Å². The maximum absolute atomic E-state index is 15.5. The fraction of sp³-hybridized carbons (Fsp3) is 0.778. The summed E-state index contributed by atoms with van der Waals surface area (Å²) in [4.78, 5) is 84.2. The molecule has 0 radical (unpaired) electrons. The molecular formula is C27H47N3O10. The average molecular weight is 577 g/mol. The number of carboxylic acids is 1. The van der Waals surface area contributed by atoms with Gasteiger partial charge in [-0.1, -0.05) is 40.5 Å². The van der Waals surface area contributed by atoms with Gasteiger partial charge in [0.1, 0.15) is 12.2 Å². The monoisotopic (exact) mass is 576 g/mol. The van der Waals surface area contributed by atoms with Crippen molar-refractivity contribution in [2.75, 3.05) is 21.1 Å². The number of nitrogens with zero attached hydrogens (tertiary/aromatic N) is 2. The number of hydrogen-bond acceptors (Lipinski definition) is 10. The van der Waals surface area contributed by atoms with Gasteiger partial charge < -0.3 is 35.5 Å². The van der Waals surface area contributed by atoms with Crippen LogP contribution in [0.4, 0.5) is 0 Å². The van der Waals surface area contributed by atoms with Crippen molar-refractivity contribution in [2.45, 2.75) is 103 Å². The number of aliphatic hydroxyl groups is 3. The summed E-state index contributed by atoms with van der Waals surface area (Å²) in [5.74, 6) is -12.1. The fourth-order valence-electron chi connectivity index (χ4n) is 4.73. The van der Waals surface area contributed by atoms with Crippen molar-refractivity contribution in [3.8, 4) is 0 Å². The summed E-state index contributed by atoms with van der Waals surface area (Å²) >= 11 is 0. The van der Waals surface area contributed by atoms with Gasteiger partial charge in [0.25, 0.3) is 11.8 Å². The molecule has 0 aliphatic carbocycles. The van der Waals surface area contributed by atoms with Crippen molar-refractivity contribution in [3.05, 3.63) is 0 Å². The Hall–Kier alpha value is -2.74. The van der Waals surface area contributed by atoms with Crippen LogP contribution in [0.2, 0.25) is 0 Å². The van der Waals surface area contributed by atoms with E-state index in [2.05, 4.69) is 5.32 Å². The van der Waals surface area contributed by atoms with Crippen molar-refractivity contribution in [1.29, 1.82) is 0 Å². The number of Topliss-reactive ketones (excluding diaryl/α,β-unsaturated/α-hetero) is 3. The van der Waals surface area contributed by atoms with Crippen molar-refractivity contribution >= 4 is 35.1 Å². The van der Waals surface area contributed by atoms with Crippen molar-refractivity contribution in [1.82, 2.24) is 15.1 Å². The lowest BCUT2D eigenvalue weighted by molar-refractivity contribution is -0.182. The number of aliphatic hydroxyl groups excluding tert-OH is 2. The second-order valence-corrected chi connectivity index (χ2v) is 10.4. The Kier molecular flexibility index (Phi) is 10.9. The van der Waals surface area contributed by atoms with Gasteiger partial charge in [-0.3, -0.25) is 24.0 Å². The molecule has 0 bridgehead atoms. The van der Waals surface area contributed by atoms with Gasteiger partial charge in [-0.25, -0.2) is 4.79 Å². The van der Waals surface area contributed by atoms with Crippen LogP contribution < -0.4 is 5.32 Å². The molecule has 40 heavy (non-hydrogen) atoms. The number of nitrogens with one attached hydrogen (secondary N) is 1. The quantitative estimate of drug-likeness (QED) is 0.147. The summed E-state index contributed by atoms with van der Waals surface area (Å²) in [5, 5.41) is 43.9. The number of aliphatic carboxylic acids is 1. The molecule has 0 aliphatic heterocycles. The first-order chi connectivity index (χ1) is 19.7. The molecule has 0 heterocycles. The normalized spacial score (nSPS) is 20.8. The van der Waals surface area contributed by atoms with Crippen LogP contribution in [0.15, 0.2) is 0 Å². The zero-order chi connectivity index (χ0) is 34.2.